The third-order valence-corrected chi connectivity index (χ3v) is 11.2. The van der Waals surface area contributed by atoms with Crippen LogP contribution >= 0.6 is 0 Å². The Bertz CT molecular complexity index is 2140. The van der Waals surface area contributed by atoms with Crippen molar-refractivity contribution in [3.63, 3.8) is 0 Å². The van der Waals surface area contributed by atoms with Gasteiger partial charge in [-0.15, -0.1) is 0 Å². The van der Waals surface area contributed by atoms with E-state index in [-0.39, 0.29) is 11.9 Å². The van der Waals surface area contributed by atoms with E-state index in [4.69, 9.17) is 9.72 Å². The van der Waals surface area contributed by atoms with Crippen LogP contribution in [0.2, 0.25) is 0 Å². The highest BCUT2D eigenvalue weighted by molar-refractivity contribution is 5.84. The fourth-order valence-electron chi connectivity index (χ4n) is 8.17. The zero-order valence-electron chi connectivity index (χ0n) is 30.8. The van der Waals surface area contributed by atoms with Gasteiger partial charge in [-0.1, -0.05) is 127 Å². The SMILES string of the molecule is COC(=O)C1(Cc2ccccc2C)CCN(C(=O)C(Cc2ccc(C#N)cc2)c2cn(C(c3ccccc3)(c3ccccc3)c3ccccc3)cn2)CC1. The molecule has 1 fully saturated rings. The quantitative estimate of drug-likeness (QED) is 0.0998. The molecule has 2 heterocycles. The topological polar surface area (TPSA) is 88.2 Å². The zero-order valence-corrected chi connectivity index (χ0v) is 30.8. The monoisotopic (exact) mass is 712 g/mol. The van der Waals surface area contributed by atoms with E-state index in [1.54, 1.807) is 12.1 Å². The molecule has 270 valence electrons. The number of esters is 1. The summed E-state index contributed by atoms with van der Waals surface area (Å²) in [5.74, 6) is -0.880. The Labute approximate surface area is 317 Å². The van der Waals surface area contributed by atoms with E-state index < -0.39 is 16.9 Å². The first-order valence-corrected chi connectivity index (χ1v) is 18.5. The average molecular weight is 713 g/mol. The molecular formula is C47H44N4O3. The molecule has 1 amide bonds. The number of rotatable bonds is 11. The highest BCUT2D eigenvalue weighted by Crippen LogP contribution is 2.42. The lowest BCUT2D eigenvalue weighted by Crippen LogP contribution is -2.49. The van der Waals surface area contributed by atoms with E-state index in [2.05, 4.69) is 102 Å². The number of nitriles is 1. The number of likely N-dealkylation sites (tertiary alicyclic amines) is 1. The molecule has 0 bridgehead atoms. The molecule has 1 aliphatic heterocycles. The van der Waals surface area contributed by atoms with Crippen LogP contribution in [0, 0.1) is 23.7 Å². The molecule has 7 heteroatoms. The predicted molar refractivity (Wildman–Crippen MR) is 210 cm³/mol. The molecule has 1 saturated heterocycles. The molecule has 0 aliphatic carbocycles. The van der Waals surface area contributed by atoms with E-state index in [0.717, 1.165) is 33.4 Å². The number of aromatic nitrogens is 2. The molecule has 1 aliphatic rings. The lowest BCUT2D eigenvalue weighted by molar-refractivity contribution is -0.158. The summed E-state index contributed by atoms with van der Waals surface area (Å²) < 4.78 is 7.52. The number of hydrogen-bond donors (Lipinski definition) is 0. The maximum Gasteiger partial charge on any atom is 0.312 e. The van der Waals surface area contributed by atoms with Crippen molar-refractivity contribution in [1.82, 2.24) is 14.5 Å². The summed E-state index contributed by atoms with van der Waals surface area (Å²) in [5.41, 5.74) is 6.08. The minimum absolute atomic E-state index is 0.0382. The molecule has 1 aromatic heterocycles. The first-order valence-electron chi connectivity index (χ1n) is 18.5. The number of amides is 1. The summed E-state index contributed by atoms with van der Waals surface area (Å²) in [6, 6.07) is 48.9. The van der Waals surface area contributed by atoms with E-state index in [1.165, 1.54) is 7.11 Å². The molecule has 54 heavy (non-hydrogen) atoms. The molecule has 7 nitrogen and oxygen atoms in total. The molecule has 1 atom stereocenters. The third kappa shape index (κ3) is 6.95. The van der Waals surface area contributed by atoms with Crippen LogP contribution in [-0.4, -0.2) is 46.5 Å². The van der Waals surface area contributed by atoms with Gasteiger partial charge in [-0.3, -0.25) is 9.59 Å². The molecule has 5 aromatic carbocycles. The van der Waals surface area contributed by atoms with Crippen molar-refractivity contribution >= 4 is 11.9 Å². The van der Waals surface area contributed by atoms with Crippen molar-refractivity contribution in [2.75, 3.05) is 20.2 Å². The Hall–Kier alpha value is -6.26. The lowest BCUT2D eigenvalue weighted by Gasteiger charge is -2.41. The second-order valence-corrected chi connectivity index (χ2v) is 14.3. The normalized spacial score (nSPS) is 14.5. The van der Waals surface area contributed by atoms with Crippen LogP contribution in [0.4, 0.5) is 0 Å². The molecule has 0 radical (unpaired) electrons. The number of aryl methyl sites for hydroxylation is 1. The van der Waals surface area contributed by atoms with E-state index in [1.807, 2.05) is 59.9 Å². The minimum Gasteiger partial charge on any atom is -0.469 e. The molecule has 0 spiro atoms. The van der Waals surface area contributed by atoms with Crippen molar-refractivity contribution in [2.45, 2.75) is 44.1 Å². The van der Waals surface area contributed by atoms with Crippen molar-refractivity contribution in [2.24, 2.45) is 5.41 Å². The van der Waals surface area contributed by atoms with Gasteiger partial charge in [-0.05, 0) is 78.1 Å². The van der Waals surface area contributed by atoms with Gasteiger partial charge in [0.1, 0.15) is 5.54 Å². The standard InChI is InChI=1S/C47H44N4O3/c1-35-14-12-13-15-38(35)31-46(45(53)54-2)26-28-50(29-27-46)44(52)42(30-36-22-24-37(32-48)25-23-36)43-33-51(34-49-43)47(39-16-6-3-7-17-39,40-18-8-4-9-19-40)41-20-10-5-11-21-41/h3-25,33-34,42H,26-31H2,1-2H3. The number of nitrogens with zero attached hydrogens (tertiary/aromatic N) is 4. The third-order valence-electron chi connectivity index (χ3n) is 11.2. The van der Waals surface area contributed by atoms with E-state index in [9.17, 15) is 14.9 Å². The van der Waals surface area contributed by atoms with Gasteiger partial charge >= 0.3 is 5.97 Å². The summed E-state index contributed by atoms with van der Waals surface area (Å²) in [4.78, 5) is 35.2. The molecule has 7 rings (SSSR count). The summed E-state index contributed by atoms with van der Waals surface area (Å²) in [6.45, 7) is 2.91. The van der Waals surface area contributed by atoms with Crippen LogP contribution < -0.4 is 0 Å². The summed E-state index contributed by atoms with van der Waals surface area (Å²) in [5, 5.41) is 9.46. The number of piperidine rings is 1. The number of hydrogen-bond acceptors (Lipinski definition) is 5. The van der Waals surface area contributed by atoms with Crippen LogP contribution in [0.3, 0.4) is 0 Å². The lowest BCUT2D eigenvalue weighted by atomic mass is 9.73. The van der Waals surface area contributed by atoms with Gasteiger partial charge in [0.15, 0.2) is 0 Å². The molecular weight excluding hydrogens is 669 g/mol. The molecule has 6 aromatic rings. The van der Waals surface area contributed by atoms with Gasteiger partial charge in [0.2, 0.25) is 5.91 Å². The zero-order chi connectivity index (χ0) is 37.5. The van der Waals surface area contributed by atoms with Gasteiger partial charge in [0, 0.05) is 19.3 Å². The Morgan fingerprint density at radius 2 is 1.33 bits per heavy atom. The van der Waals surface area contributed by atoms with Gasteiger partial charge < -0.3 is 14.2 Å². The van der Waals surface area contributed by atoms with E-state index >= 15 is 0 Å². The maximum atomic E-state index is 14.9. The number of carbonyl (C=O) groups excluding carboxylic acids is 2. The second-order valence-electron chi connectivity index (χ2n) is 14.3. The smallest absolute Gasteiger partial charge is 0.312 e. The van der Waals surface area contributed by atoms with Crippen LogP contribution in [0.5, 0.6) is 0 Å². The number of ether oxygens (including phenoxy) is 1. The maximum absolute atomic E-state index is 14.9. The van der Waals surface area contributed by atoms with Crippen molar-refractivity contribution < 1.29 is 14.3 Å². The molecule has 0 N–H and O–H groups in total. The van der Waals surface area contributed by atoms with Crippen molar-refractivity contribution in [1.29, 1.82) is 5.26 Å². The summed E-state index contributed by atoms with van der Waals surface area (Å²) >= 11 is 0. The average Bonchev–Trinajstić information content (AvgIpc) is 3.72. The highest BCUT2D eigenvalue weighted by atomic mass is 16.5. The molecule has 0 saturated carbocycles. The minimum atomic E-state index is -0.780. The van der Waals surface area contributed by atoms with Crippen LogP contribution in [-0.2, 0) is 32.7 Å². The Morgan fingerprint density at radius 1 is 0.796 bits per heavy atom. The predicted octanol–water partition coefficient (Wildman–Crippen LogP) is 8.25. The van der Waals surface area contributed by atoms with Crippen molar-refractivity contribution in [3.8, 4) is 6.07 Å². The van der Waals surface area contributed by atoms with Crippen LogP contribution in [0.1, 0.15) is 63.4 Å². The van der Waals surface area contributed by atoms with Gasteiger partial charge in [0.25, 0.3) is 0 Å². The number of carbonyl (C=O) groups is 2. The first kappa shape index (κ1) is 36.1. The first-order chi connectivity index (χ1) is 26.4. The fourth-order valence-corrected chi connectivity index (χ4v) is 8.17. The van der Waals surface area contributed by atoms with Crippen LogP contribution in [0.15, 0.2) is 152 Å². The largest absolute Gasteiger partial charge is 0.469 e. The van der Waals surface area contributed by atoms with Crippen molar-refractivity contribution in [3.05, 3.63) is 197 Å². The number of benzene rings is 5. The van der Waals surface area contributed by atoms with Gasteiger partial charge in [-0.25, -0.2) is 4.98 Å². The number of methoxy groups -OCH3 is 1. The Kier molecular flexibility index (Phi) is 10.5. The Morgan fingerprint density at radius 3 is 1.85 bits per heavy atom. The van der Waals surface area contributed by atoms with Gasteiger partial charge in [-0.2, -0.15) is 5.26 Å². The molecule has 1 unspecified atom stereocenters. The fraction of sp³-hybridized carbons (Fsp3) is 0.234. The van der Waals surface area contributed by atoms with Crippen LogP contribution in [0.25, 0.3) is 0 Å². The highest BCUT2D eigenvalue weighted by Gasteiger charge is 2.45. The second kappa shape index (κ2) is 15.8. The van der Waals surface area contributed by atoms with Gasteiger partial charge in [0.05, 0.1) is 42.1 Å². The summed E-state index contributed by atoms with van der Waals surface area (Å²) in [6.07, 6.45) is 5.84. The summed E-state index contributed by atoms with van der Waals surface area (Å²) in [7, 11) is 1.45. The number of imidazole rings is 1. The Balaban J connectivity index is 1.28. The van der Waals surface area contributed by atoms with E-state index in [0.29, 0.717) is 50.0 Å².